The molecule has 0 atom stereocenters. The molecule has 0 radical (unpaired) electrons. The number of hydrazone groups is 1. The number of hydrogen-bond acceptors (Lipinski definition) is 4. The lowest BCUT2D eigenvalue weighted by Crippen LogP contribution is -2.32. The van der Waals surface area contributed by atoms with E-state index in [9.17, 15) is 9.59 Å². The lowest BCUT2D eigenvalue weighted by atomic mass is 10.3. The number of carbonyl (C=O) groups excluding carboxylic acids is 2. The largest absolute Gasteiger partial charge is 0.329 e. The van der Waals surface area contributed by atoms with E-state index in [1.807, 2.05) is 17.5 Å². The normalized spacial score (nSPS) is 10.6. The lowest BCUT2D eigenvalue weighted by Gasteiger charge is -2.04. The Bertz CT molecular complexity index is 687. The fourth-order valence-corrected chi connectivity index (χ4v) is 2.21. The van der Waals surface area contributed by atoms with Crippen LogP contribution in [0, 0.1) is 0 Å². The summed E-state index contributed by atoms with van der Waals surface area (Å²) < 4.78 is 0. The minimum absolute atomic E-state index is 0.283. The molecule has 5 nitrogen and oxygen atoms in total. The van der Waals surface area contributed by atoms with Crippen molar-refractivity contribution in [1.82, 2.24) is 5.43 Å². The number of thiophene rings is 1. The predicted octanol–water partition coefficient (Wildman–Crippen LogP) is 3.14. The number of rotatable bonds is 3. The molecule has 1 heterocycles. The van der Waals surface area contributed by atoms with Gasteiger partial charge in [0.1, 0.15) is 0 Å². The Morgan fingerprint density at radius 3 is 2.62 bits per heavy atom. The van der Waals surface area contributed by atoms with Crippen LogP contribution in [0.4, 0.5) is 5.69 Å². The molecule has 21 heavy (non-hydrogen) atoms. The van der Waals surface area contributed by atoms with Crippen LogP contribution in [0.2, 0.25) is 10.0 Å². The van der Waals surface area contributed by atoms with Crippen molar-refractivity contribution in [1.29, 1.82) is 0 Å². The van der Waals surface area contributed by atoms with Gasteiger partial charge in [0.25, 0.3) is 0 Å². The molecule has 2 rings (SSSR count). The van der Waals surface area contributed by atoms with Crippen LogP contribution in [0.3, 0.4) is 0 Å². The molecular weight excluding hydrogens is 333 g/mol. The van der Waals surface area contributed by atoms with Crippen molar-refractivity contribution >= 4 is 58.3 Å². The van der Waals surface area contributed by atoms with Crippen molar-refractivity contribution < 1.29 is 9.59 Å². The highest BCUT2D eigenvalue weighted by molar-refractivity contribution is 7.11. The molecule has 0 aliphatic heterocycles. The second-order valence-corrected chi connectivity index (χ2v) is 5.59. The monoisotopic (exact) mass is 341 g/mol. The number of anilines is 1. The summed E-state index contributed by atoms with van der Waals surface area (Å²) in [7, 11) is 0. The third-order valence-corrected chi connectivity index (χ3v) is 3.83. The summed E-state index contributed by atoms with van der Waals surface area (Å²) in [6.45, 7) is 0. The molecular formula is C13H9Cl2N3O2S. The number of nitrogens with one attached hydrogen (secondary N) is 2. The highest BCUT2D eigenvalue weighted by Crippen LogP contribution is 2.24. The Kier molecular flexibility index (Phi) is 5.32. The van der Waals surface area contributed by atoms with Crippen LogP contribution in [0.15, 0.2) is 40.8 Å². The van der Waals surface area contributed by atoms with Gasteiger partial charge in [-0.1, -0.05) is 29.3 Å². The Morgan fingerprint density at radius 2 is 1.95 bits per heavy atom. The molecule has 1 aromatic carbocycles. The van der Waals surface area contributed by atoms with Crippen LogP contribution in [0.5, 0.6) is 0 Å². The number of benzene rings is 1. The highest BCUT2D eigenvalue weighted by atomic mass is 35.5. The van der Waals surface area contributed by atoms with Gasteiger partial charge in [-0.25, -0.2) is 5.43 Å². The summed E-state index contributed by atoms with van der Waals surface area (Å²) in [6, 6.07) is 8.19. The zero-order valence-corrected chi connectivity index (χ0v) is 12.8. The Labute approximate surface area is 134 Å². The standard InChI is InChI=1S/C13H9Cl2N3O2S/c14-10-4-3-8(6-11(10)15)17-12(19)13(20)18-16-7-9-2-1-5-21-9/h1-7H,(H,17,19)(H,18,20)/b16-7+. The Hall–Kier alpha value is -1.89. The maximum atomic E-state index is 11.6. The predicted molar refractivity (Wildman–Crippen MR) is 85.1 cm³/mol. The Morgan fingerprint density at radius 1 is 1.14 bits per heavy atom. The van der Waals surface area contributed by atoms with Crippen LogP contribution in [0.25, 0.3) is 0 Å². The molecule has 0 spiro atoms. The summed E-state index contributed by atoms with van der Waals surface area (Å²) in [6.07, 6.45) is 1.45. The van der Waals surface area contributed by atoms with E-state index < -0.39 is 11.8 Å². The maximum Gasteiger partial charge on any atom is 0.329 e. The minimum Gasteiger partial charge on any atom is -0.318 e. The fourth-order valence-electron chi connectivity index (χ4n) is 1.33. The molecule has 0 aliphatic carbocycles. The van der Waals surface area contributed by atoms with Gasteiger partial charge >= 0.3 is 11.8 Å². The van der Waals surface area contributed by atoms with Crippen LogP contribution >= 0.6 is 34.5 Å². The first-order chi connectivity index (χ1) is 10.1. The Balaban J connectivity index is 1.90. The number of carbonyl (C=O) groups is 2. The average Bonchev–Trinajstić information content (AvgIpc) is 2.96. The summed E-state index contributed by atoms with van der Waals surface area (Å²) >= 11 is 13.0. The smallest absolute Gasteiger partial charge is 0.318 e. The minimum atomic E-state index is -0.881. The van der Waals surface area contributed by atoms with Crippen LogP contribution in [-0.4, -0.2) is 18.0 Å². The number of hydrogen-bond donors (Lipinski definition) is 2. The van der Waals surface area contributed by atoms with Gasteiger partial charge in [-0.15, -0.1) is 11.3 Å². The molecule has 0 aliphatic rings. The van der Waals surface area contributed by atoms with Crippen LogP contribution in [0.1, 0.15) is 4.88 Å². The van der Waals surface area contributed by atoms with Gasteiger partial charge in [0, 0.05) is 10.6 Å². The fraction of sp³-hybridized carbons (Fsp3) is 0. The van der Waals surface area contributed by atoms with Crippen molar-refractivity contribution in [2.75, 3.05) is 5.32 Å². The highest BCUT2D eigenvalue weighted by Gasteiger charge is 2.13. The molecule has 1 aromatic heterocycles. The van der Waals surface area contributed by atoms with E-state index >= 15 is 0 Å². The first-order valence-corrected chi connectivity index (χ1v) is 7.33. The van der Waals surface area contributed by atoms with Gasteiger partial charge in [0.05, 0.1) is 16.3 Å². The lowest BCUT2D eigenvalue weighted by molar-refractivity contribution is -0.136. The molecule has 2 amide bonds. The van der Waals surface area contributed by atoms with Crippen molar-refractivity contribution in [3.63, 3.8) is 0 Å². The van der Waals surface area contributed by atoms with Gasteiger partial charge < -0.3 is 5.32 Å². The van der Waals surface area contributed by atoms with E-state index in [0.29, 0.717) is 10.7 Å². The molecule has 2 aromatic rings. The van der Waals surface area contributed by atoms with E-state index in [1.165, 1.54) is 35.8 Å². The molecule has 8 heteroatoms. The van der Waals surface area contributed by atoms with Gasteiger partial charge in [-0.05, 0) is 29.6 Å². The number of nitrogens with zero attached hydrogens (tertiary/aromatic N) is 1. The number of amides is 2. The quantitative estimate of drug-likeness (QED) is 0.511. The first-order valence-electron chi connectivity index (χ1n) is 5.69. The second-order valence-electron chi connectivity index (χ2n) is 3.80. The molecule has 2 N–H and O–H groups in total. The summed E-state index contributed by atoms with van der Waals surface area (Å²) in [4.78, 5) is 24.0. The molecule has 0 saturated carbocycles. The molecule has 0 unspecified atom stereocenters. The average molecular weight is 342 g/mol. The van der Waals surface area contributed by atoms with Gasteiger partial charge in [-0.2, -0.15) is 5.10 Å². The molecule has 108 valence electrons. The summed E-state index contributed by atoms with van der Waals surface area (Å²) in [5.74, 6) is -1.73. The molecule has 0 saturated heterocycles. The summed E-state index contributed by atoms with van der Waals surface area (Å²) in [5, 5.41) is 8.59. The molecule has 0 bridgehead atoms. The van der Waals surface area contributed by atoms with E-state index in [0.717, 1.165) is 4.88 Å². The van der Waals surface area contributed by atoms with Crippen molar-refractivity contribution in [3.8, 4) is 0 Å². The first kappa shape index (κ1) is 15.5. The number of halogens is 2. The zero-order chi connectivity index (χ0) is 15.2. The second kappa shape index (κ2) is 7.21. The van der Waals surface area contributed by atoms with Crippen molar-refractivity contribution in [3.05, 3.63) is 50.6 Å². The third-order valence-electron chi connectivity index (χ3n) is 2.28. The van der Waals surface area contributed by atoms with Crippen molar-refractivity contribution in [2.45, 2.75) is 0 Å². The third kappa shape index (κ3) is 4.56. The summed E-state index contributed by atoms with van der Waals surface area (Å²) in [5.41, 5.74) is 2.50. The SMILES string of the molecule is O=C(N/N=C/c1cccs1)C(=O)Nc1ccc(Cl)c(Cl)c1. The molecule has 0 fully saturated rings. The van der Waals surface area contributed by atoms with Gasteiger partial charge in [-0.3, -0.25) is 9.59 Å². The van der Waals surface area contributed by atoms with Crippen LogP contribution < -0.4 is 10.7 Å². The van der Waals surface area contributed by atoms with E-state index in [1.54, 1.807) is 0 Å². The van der Waals surface area contributed by atoms with E-state index in [-0.39, 0.29) is 5.02 Å². The van der Waals surface area contributed by atoms with Gasteiger partial charge in [0.2, 0.25) is 0 Å². The maximum absolute atomic E-state index is 11.6. The van der Waals surface area contributed by atoms with E-state index in [4.69, 9.17) is 23.2 Å². The van der Waals surface area contributed by atoms with Crippen molar-refractivity contribution in [2.24, 2.45) is 5.10 Å². The zero-order valence-electron chi connectivity index (χ0n) is 10.5. The van der Waals surface area contributed by atoms with Gasteiger partial charge in [0.15, 0.2) is 0 Å². The topological polar surface area (TPSA) is 70.6 Å². The van der Waals surface area contributed by atoms with Crippen LogP contribution in [-0.2, 0) is 9.59 Å². The van der Waals surface area contributed by atoms with E-state index in [2.05, 4.69) is 15.8 Å².